The highest BCUT2D eigenvalue weighted by Crippen LogP contribution is 2.20. The molecule has 9 heteroatoms. The minimum absolute atomic E-state index is 0.137. The zero-order valence-corrected chi connectivity index (χ0v) is 14.2. The number of carbonyl (C=O) groups excluding carboxylic acids is 1. The fourth-order valence-corrected chi connectivity index (χ4v) is 2.72. The minimum atomic E-state index is -0.326. The molecule has 0 spiro atoms. The highest BCUT2D eigenvalue weighted by molar-refractivity contribution is 6.35. The van der Waals surface area contributed by atoms with Crippen molar-refractivity contribution in [3.63, 3.8) is 0 Å². The van der Waals surface area contributed by atoms with E-state index in [4.69, 9.17) is 23.2 Å². The SMILES string of the molecule is Cn1ncc2c(=O)n(CC(=O)NCc3ccc(Cl)cc3Cl)cnc21. The molecule has 0 unspecified atom stereocenters. The van der Waals surface area contributed by atoms with Gasteiger partial charge in [-0.1, -0.05) is 29.3 Å². The van der Waals surface area contributed by atoms with Gasteiger partial charge in [-0.25, -0.2) is 4.98 Å². The molecule has 0 aliphatic carbocycles. The van der Waals surface area contributed by atoms with Gasteiger partial charge >= 0.3 is 0 Å². The summed E-state index contributed by atoms with van der Waals surface area (Å²) in [5.41, 5.74) is 0.903. The second-order valence-corrected chi connectivity index (χ2v) is 6.04. The number of rotatable bonds is 4. The van der Waals surface area contributed by atoms with Gasteiger partial charge in [0.15, 0.2) is 5.65 Å². The van der Waals surface area contributed by atoms with Crippen LogP contribution in [-0.4, -0.2) is 25.2 Å². The van der Waals surface area contributed by atoms with E-state index in [1.807, 2.05) is 0 Å². The molecule has 2 aromatic heterocycles. The lowest BCUT2D eigenvalue weighted by molar-refractivity contribution is -0.121. The van der Waals surface area contributed by atoms with Crippen LogP contribution in [0, 0.1) is 0 Å². The minimum Gasteiger partial charge on any atom is -0.350 e. The van der Waals surface area contributed by atoms with Gasteiger partial charge in [0, 0.05) is 23.6 Å². The van der Waals surface area contributed by atoms with Gasteiger partial charge in [-0.3, -0.25) is 18.8 Å². The number of aromatic nitrogens is 4. The molecule has 0 atom stereocenters. The number of hydrogen-bond acceptors (Lipinski definition) is 4. The predicted octanol–water partition coefficient (Wildman–Crippen LogP) is 1.75. The first kappa shape index (κ1) is 16.5. The molecule has 3 aromatic rings. The number of halogens is 2. The maximum absolute atomic E-state index is 12.3. The Morgan fingerprint density at radius 2 is 2.12 bits per heavy atom. The van der Waals surface area contributed by atoms with Crippen LogP contribution in [0.5, 0.6) is 0 Å². The molecule has 1 N–H and O–H groups in total. The third-order valence-electron chi connectivity index (χ3n) is 3.52. The Morgan fingerprint density at radius 1 is 1.33 bits per heavy atom. The second-order valence-electron chi connectivity index (χ2n) is 5.20. The van der Waals surface area contributed by atoms with Crippen LogP contribution in [0.4, 0.5) is 0 Å². The van der Waals surface area contributed by atoms with E-state index in [2.05, 4.69) is 15.4 Å². The number of aryl methyl sites for hydroxylation is 1. The Balaban J connectivity index is 1.71. The summed E-state index contributed by atoms with van der Waals surface area (Å²) in [5, 5.41) is 8.06. The van der Waals surface area contributed by atoms with Gasteiger partial charge in [0.1, 0.15) is 18.3 Å². The molecule has 0 saturated heterocycles. The average Bonchev–Trinajstić information content (AvgIpc) is 2.91. The molecule has 1 aromatic carbocycles. The molecule has 124 valence electrons. The summed E-state index contributed by atoms with van der Waals surface area (Å²) in [7, 11) is 1.70. The maximum Gasteiger partial charge on any atom is 0.264 e. The standard InChI is InChI=1S/C15H13Cl2N5O2/c1-21-14-11(6-20-21)15(24)22(8-19-14)7-13(23)18-5-9-2-3-10(16)4-12(9)17/h2-4,6,8H,5,7H2,1H3,(H,18,23). The van der Waals surface area contributed by atoms with E-state index in [1.165, 1.54) is 21.8 Å². The summed E-state index contributed by atoms with van der Waals surface area (Å²) in [6, 6.07) is 5.04. The topological polar surface area (TPSA) is 81.8 Å². The van der Waals surface area contributed by atoms with Crippen LogP contribution in [0.2, 0.25) is 10.0 Å². The van der Waals surface area contributed by atoms with E-state index >= 15 is 0 Å². The van der Waals surface area contributed by atoms with Crippen LogP contribution < -0.4 is 10.9 Å². The Hall–Kier alpha value is -2.38. The first-order valence-electron chi connectivity index (χ1n) is 7.03. The smallest absolute Gasteiger partial charge is 0.264 e. The van der Waals surface area contributed by atoms with Crippen LogP contribution in [0.15, 0.2) is 35.5 Å². The molecule has 7 nitrogen and oxygen atoms in total. The quantitative estimate of drug-likeness (QED) is 0.763. The van der Waals surface area contributed by atoms with Crippen LogP contribution >= 0.6 is 23.2 Å². The summed E-state index contributed by atoms with van der Waals surface area (Å²) >= 11 is 11.9. The van der Waals surface area contributed by atoms with Crippen LogP contribution in [0.3, 0.4) is 0 Å². The second kappa shape index (κ2) is 6.62. The summed E-state index contributed by atoms with van der Waals surface area (Å²) < 4.78 is 2.74. The molecule has 0 aliphatic heterocycles. The summed E-state index contributed by atoms with van der Waals surface area (Å²) in [4.78, 5) is 28.5. The van der Waals surface area contributed by atoms with Gasteiger partial charge in [-0.15, -0.1) is 0 Å². The number of carbonyl (C=O) groups is 1. The highest BCUT2D eigenvalue weighted by Gasteiger charge is 2.11. The third kappa shape index (κ3) is 3.27. The Bertz CT molecular complexity index is 980. The predicted molar refractivity (Wildman–Crippen MR) is 91.1 cm³/mol. The molecule has 24 heavy (non-hydrogen) atoms. The summed E-state index contributed by atoms with van der Waals surface area (Å²) in [5.74, 6) is -0.326. The summed E-state index contributed by atoms with van der Waals surface area (Å²) in [6.45, 7) is 0.105. The first-order valence-corrected chi connectivity index (χ1v) is 7.79. The molecule has 0 fully saturated rings. The lowest BCUT2D eigenvalue weighted by Gasteiger charge is -2.09. The third-order valence-corrected chi connectivity index (χ3v) is 4.11. The average molecular weight is 366 g/mol. The zero-order valence-electron chi connectivity index (χ0n) is 12.7. The maximum atomic E-state index is 12.3. The van der Waals surface area contributed by atoms with E-state index in [9.17, 15) is 9.59 Å². The van der Waals surface area contributed by atoms with Crippen molar-refractivity contribution in [3.05, 3.63) is 56.7 Å². The fourth-order valence-electron chi connectivity index (χ4n) is 2.25. The largest absolute Gasteiger partial charge is 0.350 e. The number of benzene rings is 1. The van der Waals surface area contributed by atoms with Gasteiger partial charge < -0.3 is 5.32 Å². The van der Waals surface area contributed by atoms with Gasteiger partial charge in [0.2, 0.25) is 5.91 Å². The molecule has 1 amide bonds. The molecule has 0 aliphatic rings. The molecule has 0 saturated carbocycles. The Kier molecular flexibility index (Phi) is 4.55. The van der Waals surface area contributed by atoms with Crippen molar-refractivity contribution < 1.29 is 4.79 Å². The van der Waals surface area contributed by atoms with Crippen molar-refractivity contribution in [3.8, 4) is 0 Å². The van der Waals surface area contributed by atoms with Crippen molar-refractivity contribution >= 4 is 40.1 Å². The van der Waals surface area contributed by atoms with Crippen molar-refractivity contribution in [2.24, 2.45) is 7.05 Å². The highest BCUT2D eigenvalue weighted by atomic mass is 35.5. The molecule has 0 radical (unpaired) electrons. The molecular weight excluding hydrogens is 353 g/mol. The Morgan fingerprint density at radius 3 is 2.88 bits per heavy atom. The van der Waals surface area contributed by atoms with Gasteiger partial charge in [-0.05, 0) is 17.7 Å². The van der Waals surface area contributed by atoms with Crippen LogP contribution in [-0.2, 0) is 24.9 Å². The lowest BCUT2D eigenvalue weighted by atomic mass is 10.2. The van der Waals surface area contributed by atoms with Crippen molar-refractivity contribution in [2.45, 2.75) is 13.1 Å². The number of nitrogens with one attached hydrogen (secondary N) is 1. The fraction of sp³-hybridized carbons (Fsp3) is 0.200. The van der Waals surface area contributed by atoms with E-state index < -0.39 is 0 Å². The molecule has 3 rings (SSSR count). The van der Waals surface area contributed by atoms with Crippen molar-refractivity contribution in [1.29, 1.82) is 0 Å². The van der Waals surface area contributed by atoms with Crippen molar-refractivity contribution in [2.75, 3.05) is 0 Å². The number of amides is 1. The van der Waals surface area contributed by atoms with Gasteiger partial charge in [0.05, 0.1) is 6.20 Å². The first-order chi connectivity index (χ1) is 11.5. The van der Waals surface area contributed by atoms with E-state index in [0.717, 1.165) is 5.56 Å². The van der Waals surface area contributed by atoms with E-state index in [0.29, 0.717) is 21.1 Å². The summed E-state index contributed by atoms with van der Waals surface area (Å²) in [6.07, 6.45) is 2.77. The number of fused-ring (bicyclic) bond motifs is 1. The van der Waals surface area contributed by atoms with E-state index in [1.54, 1.807) is 25.2 Å². The molecular formula is C15H13Cl2N5O2. The van der Waals surface area contributed by atoms with Crippen LogP contribution in [0.1, 0.15) is 5.56 Å². The molecule has 2 heterocycles. The normalized spacial score (nSPS) is 11.0. The van der Waals surface area contributed by atoms with Gasteiger partial charge in [0.25, 0.3) is 5.56 Å². The van der Waals surface area contributed by atoms with Crippen molar-refractivity contribution in [1.82, 2.24) is 24.6 Å². The number of hydrogen-bond donors (Lipinski definition) is 1. The van der Waals surface area contributed by atoms with Gasteiger partial charge in [-0.2, -0.15) is 5.10 Å². The number of nitrogens with zero attached hydrogens (tertiary/aromatic N) is 4. The van der Waals surface area contributed by atoms with Crippen LogP contribution in [0.25, 0.3) is 11.0 Å². The lowest BCUT2D eigenvalue weighted by Crippen LogP contribution is -2.32. The van der Waals surface area contributed by atoms with E-state index in [-0.39, 0.29) is 24.6 Å². The Labute approximate surface area is 146 Å². The zero-order chi connectivity index (χ0) is 17.3. The monoisotopic (exact) mass is 365 g/mol. The molecule has 0 bridgehead atoms.